The second-order valence-electron chi connectivity index (χ2n) is 3.95. The van der Waals surface area contributed by atoms with E-state index in [0.717, 1.165) is 25.6 Å². The van der Waals surface area contributed by atoms with Crippen molar-refractivity contribution in [3.05, 3.63) is 22.4 Å². The Kier molecular flexibility index (Phi) is 3.56. The van der Waals surface area contributed by atoms with Crippen LogP contribution in [-0.4, -0.2) is 13.2 Å². The van der Waals surface area contributed by atoms with Crippen molar-refractivity contribution < 1.29 is 4.74 Å². The average molecular weight is 211 g/mol. The maximum absolute atomic E-state index is 6.14. The Hall–Kier alpha value is -0.380. The predicted molar refractivity (Wildman–Crippen MR) is 59.4 cm³/mol. The molecule has 78 valence electrons. The van der Waals surface area contributed by atoms with Crippen LogP contribution in [0.25, 0.3) is 0 Å². The van der Waals surface area contributed by atoms with Gasteiger partial charge in [-0.15, -0.1) is 0 Å². The topological polar surface area (TPSA) is 35.2 Å². The van der Waals surface area contributed by atoms with E-state index in [4.69, 9.17) is 10.5 Å². The molecule has 0 saturated carbocycles. The fourth-order valence-corrected chi connectivity index (χ4v) is 2.69. The Balaban J connectivity index is 1.84. The third kappa shape index (κ3) is 2.56. The van der Waals surface area contributed by atoms with Gasteiger partial charge < -0.3 is 10.5 Å². The van der Waals surface area contributed by atoms with Crippen LogP contribution in [-0.2, 0) is 4.74 Å². The SMILES string of the molecule is NC(CC1CCOCC1)c1ccsc1. The van der Waals surface area contributed by atoms with Gasteiger partial charge in [0.25, 0.3) is 0 Å². The van der Waals surface area contributed by atoms with E-state index in [1.54, 1.807) is 11.3 Å². The lowest BCUT2D eigenvalue weighted by Gasteiger charge is -2.24. The van der Waals surface area contributed by atoms with Crippen LogP contribution in [0.3, 0.4) is 0 Å². The van der Waals surface area contributed by atoms with Gasteiger partial charge in [0.2, 0.25) is 0 Å². The minimum Gasteiger partial charge on any atom is -0.381 e. The zero-order valence-electron chi connectivity index (χ0n) is 8.32. The van der Waals surface area contributed by atoms with Crippen LogP contribution >= 0.6 is 11.3 Å². The number of rotatable bonds is 3. The van der Waals surface area contributed by atoms with E-state index in [-0.39, 0.29) is 6.04 Å². The highest BCUT2D eigenvalue weighted by Gasteiger charge is 2.17. The van der Waals surface area contributed by atoms with Crippen molar-refractivity contribution >= 4 is 11.3 Å². The van der Waals surface area contributed by atoms with Crippen molar-refractivity contribution in [1.82, 2.24) is 0 Å². The highest BCUT2D eigenvalue weighted by molar-refractivity contribution is 7.07. The van der Waals surface area contributed by atoms with Gasteiger partial charge in [-0.05, 0) is 47.6 Å². The number of hydrogen-bond donors (Lipinski definition) is 1. The Bertz CT molecular complexity index is 254. The second kappa shape index (κ2) is 4.91. The van der Waals surface area contributed by atoms with Crippen molar-refractivity contribution in [3.8, 4) is 0 Å². The van der Waals surface area contributed by atoms with Crippen LogP contribution in [0.2, 0.25) is 0 Å². The number of thiophene rings is 1. The summed E-state index contributed by atoms with van der Waals surface area (Å²) < 4.78 is 5.33. The lowest BCUT2D eigenvalue weighted by atomic mass is 9.91. The van der Waals surface area contributed by atoms with Crippen LogP contribution in [0.1, 0.15) is 30.9 Å². The minimum atomic E-state index is 0.226. The van der Waals surface area contributed by atoms with E-state index in [1.165, 1.54) is 18.4 Å². The Morgan fingerprint density at radius 2 is 2.29 bits per heavy atom. The molecule has 3 heteroatoms. The second-order valence-corrected chi connectivity index (χ2v) is 4.73. The third-order valence-corrected chi connectivity index (χ3v) is 3.60. The van der Waals surface area contributed by atoms with Gasteiger partial charge in [-0.3, -0.25) is 0 Å². The summed E-state index contributed by atoms with van der Waals surface area (Å²) in [5, 5.41) is 4.25. The van der Waals surface area contributed by atoms with Crippen molar-refractivity contribution in [3.63, 3.8) is 0 Å². The molecular weight excluding hydrogens is 194 g/mol. The molecule has 0 amide bonds. The van der Waals surface area contributed by atoms with E-state index in [0.29, 0.717) is 0 Å². The molecule has 0 aliphatic carbocycles. The Morgan fingerprint density at radius 1 is 1.50 bits per heavy atom. The molecule has 14 heavy (non-hydrogen) atoms. The maximum atomic E-state index is 6.14. The number of hydrogen-bond acceptors (Lipinski definition) is 3. The molecule has 0 aromatic carbocycles. The molecule has 0 spiro atoms. The van der Waals surface area contributed by atoms with Crippen LogP contribution < -0.4 is 5.73 Å². The van der Waals surface area contributed by atoms with Gasteiger partial charge in [0.15, 0.2) is 0 Å². The molecule has 0 radical (unpaired) electrons. The molecule has 2 heterocycles. The van der Waals surface area contributed by atoms with Gasteiger partial charge in [-0.2, -0.15) is 11.3 Å². The smallest absolute Gasteiger partial charge is 0.0468 e. The highest BCUT2D eigenvalue weighted by atomic mass is 32.1. The first kappa shape index (κ1) is 10.1. The Labute approximate surface area is 89.1 Å². The summed E-state index contributed by atoms with van der Waals surface area (Å²) in [5.74, 6) is 0.763. The molecule has 1 unspecified atom stereocenters. The van der Waals surface area contributed by atoms with Gasteiger partial charge in [0.05, 0.1) is 0 Å². The zero-order valence-corrected chi connectivity index (χ0v) is 9.13. The van der Waals surface area contributed by atoms with Crippen molar-refractivity contribution in [2.75, 3.05) is 13.2 Å². The van der Waals surface area contributed by atoms with E-state index in [1.807, 2.05) is 0 Å². The van der Waals surface area contributed by atoms with Crippen molar-refractivity contribution in [2.45, 2.75) is 25.3 Å². The van der Waals surface area contributed by atoms with E-state index < -0.39 is 0 Å². The third-order valence-electron chi connectivity index (χ3n) is 2.90. The van der Waals surface area contributed by atoms with Gasteiger partial charge in [0.1, 0.15) is 0 Å². The monoisotopic (exact) mass is 211 g/mol. The van der Waals surface area contributed by atoms with Crippen molar-refractivity contribution in [1.29, 1.82) is 0 Å². The predicted octanol–water partition coefficient (Wildman–Crippen LogP) is 2.56. The van der Waals surface area contributed by atoms with Gasteiger partial charge in [-0.25, -0.2) is 0 Å². The minimum absolute atomic E-state index is 0.226. The van der Waals surface area contributed by atoms with Gasteiger partial charge in [0, 0.05) is 19.3 Å². The van der Waals surface area contributed by atoms with Gasteiger partial charge in [-0.1, -0.05) is 0 Å². The summed E-state index contributed by atoms with van der Waals surface area (Å²) in [7, 11) is 0. The molecule has 2 nitrogen and oxygen atoms in total. The first-order chi connectivity index (χ1) is 6.86. The quantitative estimate of drug-likeness (QED) is 0.834. The fourth-order valence-electron chi connectivity index (χ4n) is 1.96. The number of ether oxygens (including phenoxy) is 1. The first-order valence-electron chi connectivity index (χ1n) is 5.21. The normalized spacial score (nSPS) is 20.9. The molecule has 0 bridgehead atoms. The van der Waals surface area contributed by atoms with Crippen LogP contribution in [0.15, 0.2) is 16.8 Å². The molecule has 1 aromatic rings. The molecule has 1 fully saturated rings. The molecule has 1 atom stereocenters. The lowest BCUT2D eigenvalue weighted by Crippen LogP contribution is -2.21. The summed E-state index contributed by atoms with van der Waals surface area (Å²) in [6.45, 7) is 1.84. The van der Waals surface area contributed by atoms with Crippen LogP contribution in [0.4, 0.5) is 0 Å². The summed E-state index contributed by atoms with van der Waals surface area (Å²) in [6.07, 6.45) is 3.47. The Morgan fingerprint density at radius 3 is 2.93 bits per heavy atom. The molecule has 2 rings (SSSR count). The van der Waals surface area contributed by atoms with E-state index >= 15 is 0 Å². The average Bonchev–Trinajstić information content (AvgIpc) is 2.72. The van der Waals surface area contributed by atoms with Crippen LogP contribution in [0, 0.1) is 5.92 Å². The molecule has 1 aliphatic heterocycles. The van der Waals surface area contributed by atoms with E-state index in [9.17, 15) is 0 Å². The molecule has 1 saturated heterocycles. The molecule has 2 N–H and O–H groups in total. The fraction of sp³-hybridized carbons (Fsp3) is 0.636. The van der Waals surface area contributed by atoms with E-state index in [2.05, 4.69) is 16.8 Å². The standard InChI is InChI=1S/C11H17NOS/c12-11(10-3-6-14-8-10)7-9-1-4-13-5-2-9/h3,6,8-9,11H,1-2,4-5,7,12H2. The lowest BCUT2D eigenvalue weighted by molar-refractivity contribution is 0.0618. The van der Waals surface area contributed by atoms with Gasteiger partial charge >= 0.3 is 0 Å². The number of nitrogens with two attached hydrogens (primary N) is 1. The van der Waals surface area contributed by atoms with Crippen LogP contribution in [0.5, 0.6) is 0 Å². The largest absolute Gasteiger partial charge is 0.381 e. The highest BCUT2D eigenvalue weighted by Crippen LogP contribution is 2.26. The summed E-state index contributed by atoms with van der Waals surface area (Å²) in [4.78, 5) is 0. The summed E-state index contributed by atoms with van der Waals surface area (Å²) in [5.41, 5.74) is 7.43. The zero-order chi connectivity index (χ0) is 9.80. The molecule has 1 aromatic heterocycles. The maximum Gasteiger partial charge on any atom is 0.0468 e. The summed E-state index contributed by atoms with van der Waals surface area (Å²) in [6, 6.07) is 2.36. The molecule has 1 aliphatic rings. The molecular formula is C11H17NOS. The first-order valence-corrected chi connectivity index (χ1v) is 6.16. The van der Waals surface area contributed by atoms with Crippen molar-refractivity contribution in [2.24, 2.45) is 11.7 Å². The summed E-state index contributed by atoms with van der Waals surface area (Å²) >= 11 is 1.73.